The van der Waals surface area contributed by atoms with E-state index in [0.717, 1.165) is 0 Å². The predicted molar refractivity (Wildman–Crippen MR) is 27.3 cm³/mol. The summed E-state index contributed by atoms with van der Waals surface area (Å²) in [6.07, 6.45) is 0. The molecular weight excluding hydrogens is 92.1 g/mol. The summed E-state index contributed by atoms with van der Waals surface area (Å²) in [6.45, 7) is 1.19. The van der Waals surface area contributed by atoms with E-state index in [1.54, 1.807) is 7.05 Å². The van der Waals surface area contributed by atoms with Gasteiger partial charge in [-0.2, -0.15) is 0 Å². The van der Waals surface area contributed by atoms with Gasteiger partial charge >= 0.3 is 0 Å². The molecule has 7 heavy (non-hydrogen) atoms. The molecule has 0 saturated carbocycles. The highest BCUT2D eigenvalue weighted by Crippen LogP contribution is 2.11. The monoisotopic (exact) mass is 102 g/mol. The van der Waals surface area contributed by atoms with Gasteiger partial charge in [0.1, 0.15) is 6.04 Å². The van der Waals surface area contributed by atoms with Crippen molar-refractivity contribution in [2.45, 2.75) is 6.04 Å². The van der Waals surface area contributed by atoms with Crippen LogP contribution < -0.4 is 5.73 Å². The van der Waals surface area contributed by atoms with E-state index in [-0.39, 0.29) is 10.7 Å². The number of quaternary nitrogens is 1. The van der Waals surface area contributed by atoms with Crippen molar-refractivity contribution in [2.75, 3.05) is 20.1 Å². The fourth-order valence-electron chi connectivity index (χ4n) is 0.939. The minimum atomic E-state index is -0.138. The maximum Gasteiger partial charge on any atom is 0.104 e. The van der Waals surface area contributed by atoms with Gasteiger partial charge in [-0.05, 0) is 0 Å². The van der Waals surface area contributed by atoms with Gasteiger partial charge in [-0.25, -0.2) is 0 Å². The smallest absolute Gasteiger partial charge is 0.104 e. The van der Waals surface area contributed by atoms with E-state index in [4.69, 9.17) is 5.73 Å². The summed E-state index contributed by atoms with van der Waals surface area (Å²) in [4.78, 5) is 0. The topological polar surface area (TPSA) is 49.1 Å². The van der Waals surface area contributed by atoms with E-state index >= 15 is 0 Å². The molecule has 1 fully saturated rings. The van der Waals surface area contributed by atoms with E-state index in [1.807, 2.05) is 0 Å². The third-order valence-electron chi connectivity index (χ3n) is 1.24. The number of likely N-dealkylation sites (N-methyl/N-ethyl adjacent to an activating group) is 1. The summed E-state index contributed by atoms with van der Waals surface area (Å²) >= 11 is 0. The molecular formula is C4H10N2O. The van der Waals surface area contributed by atoms with Crippen LogP contribution in [0.25, 0.3) is 0 Å². The number of hydrogen-bond acceptors (Lipinski definition) is 2. The van der Waals surface area contributed by atoms with Crippen LogP contribution in [0, 0.1) is 5.21 Å². The summed E-state index contributed by atoms with van der Waals surface area (Å²) in [5, 5.41) is 10.6. The van der Waals surface area contributed by atoms with Gasteiger partial charge in [0, 0.05) is 0 Å². The third-order valence-corrected chi connectivity index (χ3v) is 1.24. The van der Waals surface area contributed by atoms with Crippen molar-refractivity contribution in [1.82, 2.24) is 0 Å². The lowest BCUT2D eigenvalue weighted by Crippen LogP contribution is -2.63. The quantitative estimate of drug-likeness (QED) is 0.324. The lowest BCUT2D eigenvalue weighted by molar-refractivity contribution is -0.902. The summed E-state index contributed by atoms with van der Waals surface area (Å²) in [6, 6.07) is 0.169. The Balaban J connectivity index is 2.29. The maximum absolute atomic E-state index is 10.6. The van der Waals surface area contributed by atoms with E-state index in [2.05, 4.69) is 0 Å². The Hall–Kier alpha value is -0.120. The fraction of sp³-hybridized carbons (Fsp3) is 1.00. The molecule has 1 heterocycles. The Kier molecular flexibility index (Phi) is 0.849. The van der Waals surface area contributed by atoms with Gasteiger partial charge in [0.2, 0.25) is 0 Å². The number of hydrogen-bond donors (Lipinski definition) is 1. The van der Waals surface area contributed by atoms with Gasteiger partial charge in [0.05, 0.1) is 20.1 Å². The largest absolute Gasteiger partial charge is 0.633 e. The molecule has 1 rings (SSSR count). The maximum atomic E-state index is 10.6. The van der Waals surface area contributed by atoms with Crippen molar-refractivity contribution >= 4 is 0 Å². The van der Waals surface area contributed by atoms with E-state index < -0.39 is 0 Å². The van der Waals surface area contributed by atoms with Crippen LogP contribution in [-0.2, 0) is 0 Å². The lowest BCUT2D eigenvalue weighted by Gasteiger charge is -2.49. The van der Waals surface area contributed by atoms with E-state index in [0.29, 0.717) is 13.1 Å². The van der Waals surface area contributed by atoms with Gasteiger partial charge in [0.25, 0.3) is 0 Å². The third kappa shape index (κ3) is 0.907. The second kappa shape index (κ2) is 1.18. The van der Waals surface area contributed by atoms with Crippen LogP contribution in [0.2, 0.25) is 0 Å². The van der Waals surface area contributed by atoms with Crippen molar-refractivity contribution in [3.05, 3.63) is 5.21 Å². The molecule has 0 unspecified atom stereocenters. The second-order valence-corrected chi connectivity index (χ2v) is 2.42. The molecule has 0 aromatic rings. The van der Waals surface area contributed by atoms with Gasteiger partial charge in [0.15, 0.2) is 0 Å². The molecule has 0 aromatic carbocycles. The van der Waals surface area contributed by atoms with Crippen LogP contribution >= 0.6 is 0 Å². The summed E-state index contributed by atoms with van der Waals surface area (Å²) in [5.74, 6) is 0. The first-order chi connectivity index (χ1) is 3.10. The van der Waals surface area contributed by atoms with Crippen molar-refractivity contribution in [2.24, 2.45) is 5.73 Å². The molecule has 3 heteroatoms. The number of rotatable bonds is 0. The summed E-state index contributed by atoms with van der Waals surface area (Å²) in [5.41, 5.74) is 5.34. The Bertz CT molecular complexity index is 73.8. The SMILES string of the molecule is C[N+]1([O-])CC(N)C1. The predicted octanol–water partition coefficient (Wildman–Crippen LogP) is -0.728. The van der Waals surface area contributed by atoms with Crippen LogP contribution in [0.5, 0.6) is 0 Å². The van der Waals surface area contributed by atoms with Gasteiger partial charge < -0.3 is 15.6 Å². The number of nitrogens with zero attached hydrogens (tertiary/aromatic N) is 1. The van der Waals surface area contributed by atoms with E-state index in [9.17, 15) is 5.21 Å². The van der Waals surface area contributed by atoms with Gasteiger partial charge in [-0.15, -0.1) is 0 Å². The highest BCUT2D eigenvalue weighted by Gasteiger charge is 2.29. The first-order valence-corrected chi connectivity index (χ1v) is 2.41. The minimum absolute atomic E-state index is 0.138. The first kappa shape index (κ1) is 5.03. The molecule has 0 bridgehead atoms. The molecule has 1 saturated heterocycles. The van der Waals surface area contributed by atoms with Crippen molar-refractivity contribution < 1.29 is 4.65 Å². The zero-order valence-corrected chi connectivity index (χ0v) is 4.42. The number of likely N-dealkylation sites (tertiary alicyclic amines) is 1. The molecule has 0 aromatic heterocycles. The molecule has 1 aliphatic heterocycles. The standard InChI is InChI=1S/C4H10N2O/c1-6(7)2-4(5)3-6/h4H,2-3,5H2,1H3. The molecule has 3 nitrogen and oxygen atoms in total. The highest BCUT2D eigenvalue weighted by atomic mass is 16.5. The molecule has 0 spiro atoms. The van der Waals surface area contributed by atoms with Crippen molar-refractivity contribution in [1.29, 1.82) is 0 Å². The lowest BCUT2D eigenvalue weighted by atomic mass is 10.1. The Morgan fingerprint density at radius 3 is 2.14 bits per heavy atom. The summed E-state index contributed by atoms with van der Waals surface area (Å²) in [7, 11) is 1.64. The first-order valence-electron chi connectivity index (χ1n) is 2.41. The van der Waals surface area contributed by atoms with Crippen molar-refractivity contribution in [3.8, 4) is 0 Å². The zero-order valence-electron chi connectivity index (χ0n) is 4.42. The molecule has 42 valence electrons. The van der Waals surface area contributed by atoms with Crippen LogP contribution in [-0.4, -0.2) is 30.8 Å². The average Bonchev–Trinajstić information content (AvgIpc) is 1.27. The van der Waals surface area contributed by atoms with E-state index in [1.165, 1.54) is 0 Å². The molecule has 2 N–H and O–H groups in total. The molecule has 1 aliphatic rings. The number of hydroxylamine groups is 3. The Morgan fingerprint density at radius 2 is 2.14 bits per heavy atom. The molecule has 0 atom stereocenters. The van der Waals surface area contributed by atoms with Crippen LogP contribution in [0.4, 0.5) is 0 Å². The van der Waals surface area contributed by atoms with Crippen LogP contribution in [0.3, 0.4) is 0 Å². The highest BCUT2D eigenvalue weighted by molar-refractivity contribution is 4.69. The Morgan fingerprint density at radius 1 is 1.71 bits per heavy atom. The molecule has 0 radical (unpaired) electrons. The van der Waals surface area contributed by atoms with Crippen LogP contribution in [0.15, 0.2) is 0 Å². The summed E-state index contributed by atoms with van der Waals surface area (Å²) < 4.78 is -0.138. The average molecular weight is 102 g/mol. The van der Waals surface area contributed by atoms with Crippen LogP contribution in [0.1, 0.15) is 0 Å². The van der Waals surface area contributed by atoms with Gasteiger partial charge in [-0.3, -0.25) is 0 Å². The molecule has 0 amide bonds. The minimum Gasteiger partial charge on any atom is -0.633 e. The van der Waals surface area contributed by atoms with Gasteiger partial charge in [-0.1, -0.05) is 0 Å². The normalized spacial score (nSPS) is 51.0. The second-order valence-electron chi connectivity index (χ2n) is 2.42. The zero-order chi connectivity index (χ0) is 5.49. The fourth-order valence-corrected chi connectivity index (χ4v) is 0.939. The van der Waals surface area contributed by atoms with Crippen molar-refractivity contribution in [3.63, 3.8) is 0 Å². The Labute approximate surface area is 42.9 Å². The molecule has 0 aliphatic carbocycles. The number of nitrogens with two attached hydrogens (primary N) is 1.